The number of nitrogens with one attached hydrogen (secondary N) is 1. The summed E-state index contributed by atoms with van der Waals surface area (Å²) in [6.07, 6.45) is 4.74. The van der Waals surface area contributed by atoms with Gasteiger partial charge in [-0.25, -0.2) is 0 Å². The summed E-state index contributed by atoms with van der Waals surface area (Å²) in [6, 6.07) is 15.8. The molecular formula is C26H29N3O. The number of anilines is 2. The number of benzene rings is 2. The Morgan fingerprint density at radius 2 is 1.93 bits per heavy atom. The smallest absolute Gasteiger partial charge is 0.266 e. The normalized spacial score (nSPS) is 15.1. The number of allylic oxidation sites excluding steroid dienone is 1. The molecule has 0 saturated carbocycles. The molecule has 154 valence electrons. The third-order valence-electron chi connectivity index (χ3n) is 5.64. The molecular weight excluding hydrogens is 370 g/mol. The van der Waals surface area contributed by atoms with Gasteiger partial charge < -0.3 is 10.2 Å². The molecule has 0 aliphatic carbocycles. The third kappa shape index (κ3) is 4.16. The molecule has 2 aromatic carbocycles. The number of carbonyl (C=O) groups is 1. The van der Waals surface area contributed by atoms with E-state index < -0.39 is 0 Å². The number of rotatable bonds is 5. The second-order valence-corrected chi connectivity index (χ2v) is 8.14. The molecule has 0 radical (unpaired) electrons. The van der Waals surface area contributed by atoms with E-state index in [4.69, 9.17) is 0 Å². The van der Waals surface area contributed by atoms with Crippen LogP contribution >= 0.6 is 0 Å². The molecule has 4 heteroatoms. The van der Waals surface area contributed by atoms with E-state index in [0.717, 1.165) is 35.3 Å². The number of fused-ring (bicyclic) bond motifs is 1. The molecule has 0 aromatic heterocycles. The Labute approximate surface area is 179 Å². The van der Waals surface area contributed by atoms with Crippen LogP contribution in [0.4, 0.5) is 11.4 Å². The van der Waals surface area contributed by atoms with Crippen molar-refractivity contribution in [2.75, 3.05) is 16.8 Å². The molecule has 0 saturated heterocycles. The molecule has 3 rings (SSSR count). The molecule has 30 heavy (non-hydrogen) atoms. The van der Waals surface area contributed by atoms with Gasteiger partial charge in [0.05, 0.1) is 5.54 Å². The van der Waals surface area contributed by atoms with Crippen LogP contribution in [0.25, 0.3) is 11.6 Å². The first-order valence-electron chi connectivity index (χ1n) is 10.4. The van der Waals surface area contributed by atoms with Gasteiger partial charge in [-0.05, 0) is 75.1 Å². The quantitative estimate of drug-likeness (QED) is 0.509. The maximum absolute atomic E-state index is 12.7. The number of carbonyl (C=O) groups excluding carboxylic acids is 1. The van der Waals surface area contributed by atoms with Crippen LogP contribution in [-0.4, -0.2) is 18.0 Å². The van der Waals surface area contributed by atoms with E-state index in [1.807, 2.05) is 37.3 Å². The molecule has 1 aliphatic heterocycles. The van der Waals surface area contributed by atoms with Crippen LogP contribution < -0.4 is 10.2 Å². The molecule has 0 fully saturated rings. The fraction of sp³-hybridized carbons (Fsp3) is 0.308. The summed E-state index contributed by atoms with van der Waals surface area (Å²) in [5.41, 5.74) is 6.19. The standard InChI is InChI=1S/C26H29N3O/c1-6-20-10-8-9-11-23(20)28-25(30)21(17-27)14-19-12-13-24-22(15-19)18(3)16-26(4,5)29(24)7-2/h8-16H,6-7H2,1-5H3,(H,28,30)/b21-14+. The van der Waals surface area contributed by atoms with Gasteiger partial charge in [-0.1, -0.05) is 37.3 Å². The average molecular weight is 400 g/mol. The zero-order valence-corrected chi connectivity index (χ0v) is 18.4. The van der Waals surface area contributed by atoms with Crippen LogP contribution in [0.1, 0.15) is 51.3 Å². The number of para-hydroxylation sites is 1. The second kappa shape index (κ2) is 8.59. The Hall–Kier alpha value is -3.32. The monoisotopic (exact) mass is 399 g/mol. The number of aryl methyl sites for hydroxylation is 1. The van der Waals surface area contributed by atoms with Crippen LogP contribution in [0.15, 0.2) is 54.1 Å². The number of hydrogen-bond donors (Lipinski definition) is 1. The molecule has 0 spiro atoms. The van der Waals surface area contributed by atoms with Gasteiger partial charge in [-0.2, -0.15) is 5.26 Å². The largest absolute Gasteiger partial charge is 0.363 e. The average Bonchev–Trinajstić information content (AvgIpc) is 2.72. The van der Waals surface area contributed by atoms with Crippen molar-refractivity contribution in [2.24, 2.45) is 0 Å². The van der Waals surface area contributed by atoms with Gasteiger partial charge in [-0.15, -0.1) is 0 Å². The highest BCUT2D eigenvalue weighted by Gasteiger charge is 2.30. The van der Waals surface area contributed by atoms with Crippen LogP contribution in [0, 0.1) is 11.3 Å². The fourth-order valence-electron chi connectivity index (χ4n) is 4.22. The summed E-state index contributed by atoms with van der Waals surface area (Å²) >= 11 is 0. The first-order chi connectivity index (χ1) is 14.3. The summed E-state index contributed by atoms with van der Waals surface area (Å²) in [5.74, 6) is -0.389. The van der Waals surface area contributed by atoms with Crippen LogP contribution in [-0.2, 0) is 11.2 Å². The SMILES string of the molecule is CCc1ccccc1NC(=O)/C(C#N)=C/c1ccc2c(c1)C(C)=CC(C)(C)N2CC. The van der Waals surface area contributed by atoms with Gasteiger partial charge in [-0.3, -0.25) is 4.79 Å². The lowest BCUT2D eigenvalue weighted by Crippen LogP contribution is -2.44. The molecule has 1 heterocycles. The zero-order valence-electron chi connectivity index (χ0n) is 18.4. The first-order valence-corrected chi connectivity index (χ1v) is 10.4. The molecule has 1 aliphatic rings. The van der Waals surface area contributed by atoms with Gasteiger partial charge in [0, 0.05) is 23.5 Å². The van der Waals surface area contributed by atoms with Crippen molar-refractivity contribution in [1.82, 2.24) is 0 Å². The maximum Gasteiger partial charge on any atom is 0.266 e. The number of likely N-dealkylation sites (N-methyl/N-ethyl adjacent to an activating group) is 1. The summed E-state index contributed by atoms with van der Waals surface area (Å²) < 4.78 is 0. The number of hydrogen-bond acceptors (Lipinski definition) is 3. The van der Waals surface area contributed by atoms with Crippen molar-refractivity contribution in [3.05, 3.63) is 70.8 Å². The Morgan fingerprint density at radius 1 is 1.20 bits per heavy atom. The van der Waals surface area contributed by atoms with E-state index in [1.165, 1.54) is 11.3 Å². The molecule has 0 unspecified atom stereocenters. The number of amides is 1. The van der Waals surface area contributed by atoms with E-state index in [9.17, 15) is 10.1 Å². The summed E-state index contributed by atoms with van der Waals surface area (Å²) in [5, 5.41) is 12.5. The van der Waals surface area contributed by atoms with Gasteiger partial charge in [0.2, 0.25) is 0 Å². The van der Waals surface area contributed by atoms with Crippen molar-refractivity contribution in [3.8, 4) is 6.07 Å². The Morgan fingerprint density at radius 3 is 2.60 bits per heavy atom. The zero-order chi connectivity index (χ0) is 21.9. The highest BCUT2D eigenvalue weighted by atomic mass is 16.1. The predicted octanol–water partition coefficient (Wildman–Crippen LogP) is 5.82. The predicted molar refractivity (Wildman–Crippen MR) is 125 cm³/mol. The molecule has 4 nitrogen and oxygen atoms in total. The lowest BCUT2D eigenvalue weighted by molar-refractivity contribution is -0.112. The van der Waals surface area contributed by atoms with Gasteiger partial charge in [0.15, 0.2) is 0 Å². The molecule has 0 bridgehead atoms. The number of nitriles is 1. The van der Waals surface area contributed by atoms with E-state index in [-0.39, 0.29) is 17.0 Å². The van der Waals surface area contributed by atoms with E-state index in [1.54, 1.807) is 6.08 Å². The summed E-state index contributed by atoms with van der Waals surface area (Å²) in [6.45, 7) is 11.6. The maximum atomic E-state index is 12.7. The second-order valence-electron chi connectivity index (χ2n) is 8.14. The van der Waals surface area contributed by atoms with Gasteiger partial charge in [0.1, 0.15) is 11.6 Å². The third-order valence-corrected chi connectivity index (χ3v) is 5.64. The first kappa shape index (κ1) is 21.4. The minimum atomic E-state index is -0.389. The summed E-state index contributed by atoms with van der Waals surface area (Å²) in [4.78, 5) is 15.1. The van der Waals surface area contributed by atoms with Gasteiger partial charge in [0.25, 0.3) is 5.91 Å². The van der Waals surface area contributed by atoms with Crippen LogP contribution in [0.3, 0.4) is 0 Å². The Kier molecular flexibility index (Phi) is 6.12. The molecule has 1 amide bonds. The highest BCUT2D eigenvalue weighted by Crippen LogP contribution is 2.39. The summed E-state index contributed by atoms with van der Waals surface area (Å²) in [7, 11) is 0. The Balaban J connectivity index is 1.93. The van der Waals surface area contributed by atoms with Gasteiger partial charge >= 0.3 is 0 Å². The number of nitrogens with zero attached hydrogens (tertiary/aromatic N) is 2. The van der Waals surface area contributed by atoms with E-state index >= 15 is 0 Å². The molecule has 1 N–H and O–H groups in total. The van der Waals surface area contributed by atoms with E-state index in [2.05, 4.69) is 62.2 Å². The van der Waals surface area contributed by atoms with Crippen molar-refractivity contribution in [2.45, 2.75) is 46.6 Å². The topological polar surface area (TPSA) is 56.1 Å². The van der Waals surface area contributed by atoms with Crippen molar-refractivity contribution in [1.29, 1.82) is 5.26 Å². The van der Waals surface area contributed by atoms with Crippen molar-refractivity contribution >= 4 is 28.9 Å². The van der Waals surface area contributed by atoms with Crippen LogP contribution in [0.2, 0.25) is 0 Å². The minimum absolute atomic E-state index is 0.0481. The minimum Gasteiger partial charge on any atom is -0.363 e. The van der Waals surface area contributed by atoms with Crippen molar-refractivity contribution in [3.63, 3.8) is 0 Å². The lowest BCUT2D eigenvalue weighted by atomic mass is 9.88. The highest BCUT2D eigenvalue weighted by molar-refractivity contribution is 6.10. The van der Waals surface area contributed by atoms with Crippen molar-refractivity contribution < 1.29 is 4.79 Å². The lowest BCUT2D eigenvalue weighted by Gasteiger charge is -2.42. The van der Waals surface area contributed by atoms with E-state index in [0.29, 0.717) is 0 Å². The molecule has 2 aromatic rings. The van der Waals surface area contributed by atoms with Crippen LogP contribution in [0.5, 0.6) is 0 Å². The fourth-order valence-corrected chi connectivity index (χ4v) is 4.22. The molecule has 0 atom stereocenters. The Bertz CT molecular complexity index is 1070.